The Kier molecular flexibility index (Phi) is 5.48. The molecule has 0 aliphatic heterocycles. The molecular formula is C17H27ClN2. The molecule has 1 fully saturated rings. The molecule has 0 saturated heterocycles. The topological polar surface area (TPSA) is 29.3 Å². The molecule has 1 aromatic rings. The van der Waals surface area contributed by atoms with Gasteiger partial charge >= 0.3 is 0 Å². The summed E-state index contributed by atoms with van der Waals surface area (Å²) in [6, 6.07) is 8.90. The molecule has 1 aliphatic rings. The number of benzene rings is 1. The van der Waals surface area contributed by atoms with E-state index in [2.05, 4.69) is 37.9 Å². The molecule has 1 saturated carbocycles. The van der Waals surface area contributed by atoms with E-state index in [1.54, 1.807) is 0 Å². The van der Waals surface area contributed by atoms with E-state index in [0.29, 0.717) is 18.0 Å². The van der Waals surface area contributed by atoms with Crippen LogP contribution in [0.3, 0.4) is 0 Å². The first-order valence-electron chi connectivity index (χ1n) is 7.68. The SMILES string of the molecule is CC1CCC(N)C(CN(C)C(C)c2cccc(Cl)c2)C1. The molecule has 112 valence electrons. The number of halogens is 1. The first kappa shape index (κ1) is 15.8. The van der Waals surface area contributed by atoms with Crippen LogP contribution in [-0.2, 0) is 0 Å². The third-order valence-electron chi connectivity index (χ3n) is 4.82. The Balaban J connectivity index is 1.98. The number of nitrogens with zero attached hydrogens (tertiary/aromatic N) is 1. The Hall–Kier alpha value is -0.570. The van der Waals surface area contributed by atoms with Crippen molar-refractivity contribution in [3.05, 3.63) is 34.9 Å². The Morgan fingerprint density at radius 2 is 2.15 bits per heavy atom. The van der Waals surface area contributed by atoms with Crippen molar-refractivity contribution in [2.75, 3.05) is 13.6 Å². The predicted molar refractivity (Wildman–Crippen MR) is 87.0 cm³/mol. The summed E-state index contributed by atoms with van der Waals surface area (Å²) in [6.45, 7) is 5.65. The summed E-state index contributed by atoms with van der Waals surface area (Å²) in [5.74, 6) is 1.43. The maximum absolute atomic E-state index is 6.30. The van der Waals surface area contributed by atoms with Gasteiger partial charge in [0.25, 0.3) is 0 Å². The number of hydrogen-bond acceptors (Lipinski definition) is 2. The van der Waals surface area contributed by atoms with Crippen molar-refractivity contribution >= 4 is 11.6 Å². The van der Waals surface area contributed by atoms with Crippen LogP contribution in [-0.4, -0.2) is 24.5 Å². The Labute approximate surface area is 128 Å². The average molecular weight is 295 g/mol. The van der Waals surface area contributed by atoms with Crippen LogP contribution >= 0.6 is 11.6 Å². The van der Waals surface area contributed by atoms with Crippen molar-refractivity contribution in [3.8, 4) is 0 Å². The van der Waals surface area contributed by atoms with Crippen LogP contribution in [0.5, 0.6) is 0 Å². The minimum Gasteiger partial charge on any atom is -0.327 e. The summed E-state index contributed by atoms with van der Waals surface area (Å²) in [5.41, 5.74) is 7.58. The average Bonchev–Trinajstić information content (AvgIpc) is 2.42. The molecule has 2 N–H and O–H groups in total. The van der Waals surface area contributed by atoms with Gasteiger partial charge in [0, 0.05) is 23.7 Å². The van der Waals surface area contributed by atoms with E-state index >= 15 is 0 Å². The zero-order valence-electron chi connectivity index (χ0n) is 12.8. The molecule has 1 aromatic carbocycles. The van der Waals surface area contributed by atoms with E-state index < -0.39 is 0 Å². The minimum atomic E-state index is 0.361. The van der Waals surface area contributed by atoms with Crippen LogP contribution < -0.4 is 5.73 Å². The van der Waals surface area contributed by atoms with Crippen molar-refractivity contribution in [1.82, 2.24) is 4.90 Å². The molecule has 0 radical (unpaired) electrons. The fourth-order valence-corrected chi connectivity index (χ4v) is 3.48. The lowest BCUT2D eigenvalue weighted by molar-refractivity contribution is 0.155. The molecule has 4 unspecified atom stereocenters. The van der Waals surface area contributed by atoms with Gasteiger partial charge in [-0.25, -0.2) is 0 Å². The molecular weight excluding hydrogens is 268 g/mol. The van der Waals surface area contributed by atoms with Gasteiger partial charge < -0.3 is 5.73 Å². The molecule has 4 atom stereocenters. The second kappa shape index (κ2) is 6.93. The quantitative estimate of drug-likeness (QED) is 0.906. The highest BCUT2D eigenvalue weighted by Crippen LogP contribution is 2.30. The summed E-state index contributed by atoms with van der Waals surface area (Å²) in [7, 11) is 2.19. The van der Waals surface area contributed by atoms with Gasteiger partial charge in [-0.3, -0.25) is 4.90 Å². The maximum Gasteiger partial charge on any atom is 0.0409 e. The molecule has 1 aliphatic carbocycles. The van der Waals surface area contributed by atoms with E-state index in [9.17, 15) is 0 Å². The second-order valence-corrected chi connectivity index (χ2v) is 6.95. The summed E-state index contributed by atoms with van der Waals surface area (Å²) < 4.78 is 0. The van der Waals surface area contributed by atoms with Crippen molar-refractivity contribution in [1.29, 1.82) is 0 Å². The predicted octanol–water partition coefficient (Wildman–Crippen LogP) is 4.10. The third-order valence-corrected chi connectivity index (χ3v) is 5.05. The largest absolute Gasteiger partial charge is 0.327 e. The number of nitrogens with two attached hydrogens (primary N) is 1. The molecule has 3 heteroatoms. The molecule has 2 rings (SSSR count). The van der Waals surface area contributed by atoms with Gasteiger partial charge in [0.1, 0.15) is 0 Å². The van der Waals surface area contributed by atoms with Crippen molar-refractivity contribution in [2.45, 2.75) is 45.2 Å². The van der Waals surface area contributed by atoms with Crippen LogP contribution in [0, 0.1) is 11.8 Å². The first-order chi connectivity index (χ1) is 9.47. The van der Waals surface area contributed by atoms with E-state index in [0.717, 1.165) is 17.5 Å². The minimum absolute atomic E-state index is 0.361. The molecule has 0 spiro atoms. The van der Waals surface area contributed by atoms with Gasteiger partial charge in [-0.05, 0) is 62.8 Å². The Bertz CT molecular complexity index is 435. The Morgan fingerprint density at radius 1 is 1.40 bits per heavy atom. The fraction of sp³-hybridized carbons (Fsp3) is 0.647. The van der Waals surface area contributed by atoms with Crippen LogP contribution in [0.4, 0.5) is 0 Å². The fourth-order valence-electron chi connectivity index (χ4n) is 3.28. The van der Waals surface area contributed by atoms with E-state index in [4.69, 9.17) is 17.3 Å². The molecule has 0 bridgehead atoms. The maximum atomic E-state index is 6.30. The number of rotatable bonds is 4. The van der Waals surface area contributed by atoms with Crippen LogP contribution in [0.25, 0.3) is 0 Å². The van der Waals surface area contributed by atoms with Gasteiger partial charge in [-0.15, -0.1) is 0 Å². The smallest absolute Gasteiger partial charge is 0.0409 e. The second-order valence-electron chi connectivity index (χ2n) is 6.51. The van der Waals surface area contributed by atoms with Crippen LogP contribution in [0.15, 0.2) is 24.3 Å². The lowest BCUT2D eigenvalue weighted by atomic mass is 9.79. The first-order valence-corrected chi connectivity index (χ1v) is 8.06. The summed E-state index contributed by atoms with van der Waals surface area (Å²) >= 11 is 6.09. The van der Waals surface area contributed by atoms with Crippen LogP contribution in [0.1, 0.15) is 44.7 Å². The highest BCUT2D eigenvalue weighted by molar-refractivity contribution is 6.30. The number of hydrogen-bond donors (Lipinski definition) is 1. The highest BCUT2D eigenvalue weighted by Gasteiger charge is 2.28. The van der Waals surface area contributed by atoms with Crippen LogP contribution in [0.2, 0.25) is 5.02 Å². The standard InChI is InChI=1S/C17H27ClN2/c1-12-7-8-17(19)15(9-12)11-20(3)13(2)14-5-4-6-16(18)10-14/h4-6,10,12-13,15,17H,7-9,11,19H2,1-3H3. The summed E-state index contributed by atoms with van der Waals surface area (Å²) in [5, 5.41) is 0.811. The summed E-state index contributed by atoms with van der Waals surface area (Å²) in [4.78, 5) is 2.41. The molecule has 0 amide bonds. The lowest BCUT2D eigenvalue weighted by Crippen LogP contribution is -2.42. The molecule has 0 heterocycles. The van der Waals surface area contributed by atoms with E-state index in [1.807, 2.05) is 12.1 Å². The van der Waals surface area contributed by atoms with Crippen molar-refractivity contribution in [2.24, 2.45) is 17.6 Å². The highest BCUT2D eigenvalue weighted by atomic mass is 35.5. The third kappa shape index (κ3) is 3.97. The van der Waals surface area contributed by atoms with Gasteiger partial charge in [0.2, 0.25) is 0 Å². The summed E-state index contributed by atoms with van der Waals surface area (Å²) in [6.07, 6.45) is 3.71. The van der Waals surface area contributed by atoms with E-state index in [-0.39, 0.29) is 0 Å². The lowest BCUT2D eigenvalue weighted by Gasteiger charge is -2.37. The molecule has 2 nitrogen and oxygen atoms in total. The zero-order valence-corrected chi connectivity index (χ0v) is 13.6. The monoisotopic (exact) mass is 294 g/mol. The van der Waals surface area contributed by atoms with Crippen molar-refractivity contribution in [3.63, 3.8) is 0 Å². The zero-order chi connectivity index (χ0) is 14.7. The van der Waals surface area contributed by atoms with E-state index in [1.165, 1.54) is 24.8 Å². The normalized spacial score (nSPS) is 28.6. The van der Waals surface area contributed by atoms with Gasteiger partial charge in [-0.1, -0.05) is 30.7 Å². The molecule has 0 aromatic heterocycles. The van der Waals surface area contributed by atoms with Gasteiger partial charge in [0.15, 0.2) is 0 Å². The van der Waals surface area contributed by atoms with Gasteiger partial charge in [0.05, 0.1) is 0 Å². The van der Waals surface area contributed by atoms with Crippen molar-refractivity contribution < 1.29 is 0 Å². The Morgan fingerprint density at radius 3 is 2.85 bits per heavy atom. The van der Waals surface area contributed by atoms with Gasteiger partial charge in [-0.2, -0.15) is 0 Å². The molecule has 20 heavy (non-hydrogen) atoms.